The molecule has 0 bridgehead atoms. The van der Waals surface area contributed by atoms with Crippen LogP contribution in [0.25, 0.3) is 11.0 Å². The summed E-state index contributed by atoms with van der Waals surface area (Å²) in [6.07, 6.45) is 0. The second kappa shape index (κ2) is 4.13. The van der Waals surface area contributed by atoms with Crippen LogP contribution >= 0.6 is 0 Å². The summed E-state index contributed by atoms with van der Waals surface area (Å²) >= 11 is 0. The zero-order valence-corrected chi connectivity index (χ0v) is 9.95. The van der Waals surface area contributed by atoms with Crippen molar-refractivity contribution in [3.63, 3.8) is 0 Å². The summed E-state index contributed by atoms with van der Waals surface area (Å²) in [5, 5.41) is 3.52. The number of para-hydroxylation sites is 2. The lowest BCUT2D eigenvalue weighted by Crippen LogP contribution is -2.34. The number of hydrogen-bond donors (Lipinski definition) is 1. The zero-order valence-electron chi connectivity index (χ0n) is 9.13. The molecule has 8 heteroatoms. The van der Waals surface area contributed by atoms with Crippen molar-refractivity contribution in [1.82, 2.24) is 9.55 Å². The van der Waals surface area contributed by atoms with Crippen LogP contribution in [0.4, 0.5) is 8.78 Å². The lowest BCUT2D eigenvalue weighted by Gasteiger charge is -2.09. The molecule has 18 heavy (non-hydrogen) atoms. The van der Waals surface area contributed by atoms with Gasteiger partial charge in [0.15, 0.2) is 10.8 Å². The molecule has 0 radical (unpaired) electrons. The molecule has 1 unspecified atom stereocenters. The predicted molar refractivity (Wildman–Crippen MR) is 59.7 cm³/mol. The van der Waals surface area contributed by atoms with Crippen molar-refractivity contribution < 1.29 is 22.9 Å². The third-order valence-electron chi connectivity index (χ3n) is 2.39. The highest BCUT2D eigenvalue weighted by Crippen LogP contribution is 2.26. The molecule has 2 rings (SSSR count). The first kappa shape index (κ1) is 12.6. The first-order valence-electron chi connectivity index (χ1n) is 4.80. The minimum Gasteiger partial charge on any atom is -0.476 e. The maximum atomic E-state index is 13.2. The lowest BCUT2D eigenvalue weighted by atomic mass is 10.3. The van der Waals surface area contributed by atoms with Gasteiger partial charge in [-0.05, 0) is 12.1 Å². The molecular weight excluding hydrogens is 266 g/mol. The molecule has 2 aromatic rings. The Hall–Kier alpha value is -1.83. The summed E-state index contributed by atoms with van der Waals surface area (Å²) in [6.45, 7) is 0. The van der Waals surface area contributed by atoms with Crippen molar-refractivity contribution in [2.24, 2.45) is 7.05 Å². The quantitative estimate of drug-likeness (QED) is 0.917. The van der Waals surface area contributed by atoms with E-state index in [0.717, 1.165) is 0 Å². The molecule has 1 heterocycles. The van der Waals surface area contributed by atoms with Crippen LogP contribution in [0.1, 0.15) is 0 Å². The van der Waals surface area contributed by atoms with Gasteiger partial charge in [-0.1, -0.05) is 12.1 Å². The van der Waals surface area contributed by atoms with E-state index in [0.29, 0.717) is 11.0 Å². The number of rotatable bonds is 3. The number of fused-ring (bicyclic) bond motifs is 1. The highest BCUT2D eigenvalue weighted by atomic mass is 32.2. The number of aromatic nitrogens is 2. The van der Waals surface area contributed by atoms with Crippen LogP contribution in [0, 0.1) is 0 Å². The van der Waals surface area contributed by atoms with Crippen LogP contribution in [-0.4, -0.2) is 30.1 Å². The first-order valence-corrected chi connectivity index (χ1v) is 5.95. The Morgan fingerprint density at radius 1 is 1.44 bits per heavy atom. The zero-order chi connectivity index (χ0) is 13.5. The topological polar surface area (TPSA) is 72.2 Å². The van der Waals surface area contributed by atoms with Gasteiger partial charge >= 0.3 is 11.2 Å². The monoisotopic (exact) mass is 274 g/mol. The van der Waals surface area contributed by atoms with Gasteiger partial charge < -0.3 is 9.67 Å². The van der Waals surface area contributed by atoms with Crippen molar-refractivity contribution in [1.29, 1.82) is 0 Å². The SMILES string of the molecule is Cn1c(S(=O)C(F)(F)C(=O)O)nc2ccccc21. The number of nitrogens with zero attached hydrogens (tertiary/aromatic N) is 2. The highest BCUT2D eigenvalue weighted by Gasteiger charge is 2.48. The van der Waals surface area contributed by atoms with E-state index in [9.17, 15) is 17.8 Å². The number of carboxylic acid groups (broad SMARTS) is 1. The fourth-order valence-corrected chi connectivity index (χ4v) is 2.40. The van der Waals surface area contributed by atoms with Crippen LogP contribution < -0.4 is 0 Å². The molecule has 0 aliphatic heterocycles. The molecule has 0 amide bonds. The Morgan fingerprint density at radius 3 is 2.61 bits per heavy atom. The van der Waals surface area contributed by atoms with Crippen LogP contribution in [0.5, 0.6) is 0 Å². The maximum Gasteiger partial charge on any atom is 0.422 e. The molecular formula is C10H8F2N2O3S. The Labute approximate surface area is 103 Å². The second-order valence-electron chi connectivity index (χ2n) is 3.53. The van der Waals surface area contributed by atoms with Crippen LogP contribution in [0.15, 0.2) is 29.4 Å². The molecule has 0 spiro atoms. The van der Waals surface area contributed by atoms with Crippen molar-refractivity contribution in [3.05, 3.63) is 24.3 Å². The van der Waals surface area contributed by atoms with E-state index in [1.165, 1.54) is 11.6 Å². The number of halogens is 2. The number of aliphatic carboxylic acids is 1. The third-order valence-corrected chi connectivity index (χ3v) is 3.73. The largest absolute Gasteiger partial charge is 0.476 e. The Kier molecular flexibility index (Phi) is 2.89. The smallest absolute Gasteiger partial charge is 0.422 e. The average Bonchev–Trinajstić information content (AvgIpc) is 2.66. The predicted octanol–water partition coefficient (Wildman–Crippen LogP) is 1.36. The lowest BCUT2D eigenvalue weighted by molar-refractivity contribution is -0.153. The number of alkyl halides is 2. The number of benzene rings is 1. The Balaban J connectivity index is 2.59. The van der Waals surface area contributed by atoms with Crippen molar-refractivity contribution in [2.75, 3.05) is 0 Å². The first-order chi connectivity index (χ1) is 8.35. The van der Waals surface area contributed by atoms with Crippen LogP contribution in [0.3, 0.4) is 0 Å². The molecule has 0 saturated carbocycles. The van der Waals surface area contributed by atoms with E-state index in [4.69, 9.17) is 5.11 Å². The van der Waals surface area contributed by atoms with Gasteiger partial charge in [-0.3, -0.25) is 0 Å². The Bertz CT molecular complexity index is 654. The van der Waals surface area contributed by atoms with E-state index in [1.54, 1.807) is 24.3 Å². The van der Waals surface area contributed by atoms with E-state index < -0.39 is 27.2 Å². The van der Waals surface area contributed by atoms with Crippen molar-refractivity contribution in [3.8, 4) is 0 Å². The summed E-state index contributed by atoms with van der Waals surface area (Å²) < 4.78 is 39.2. The summed E-state index contributed by atoms with van der Waals surface area (Å²) in [5.74, 6) is -2.44. The highest BCUT2D eigenvalue weighted by molar-refractivity contribution is 7.86. The summed E-state index contributed by atoms with van der Waals surface area (Å²) in [5.41, 5.74) is 0.881. The molecule has 1 atom stereocenters. The Morgan fingerprint density at radius 2 is 2.06 bits per heavy atom. The van der Waals surface area contributed by atoms with Gasteiger partial charge in [-0.25, -0.2) is 14.0 Å². The van der Waals surface area contributed by atoms with E-state index in [1.807, 2.05) is 0 Å². The molecule has 0 saturated heterocycles. The molecule has 0 fully saturated rings. The molecule has 96 valence electrons. The maximum absolute atomic E-state index is 13.2. The summed E-state index contributed by atoms with van der Waals surface area (Å²) in [4.78, 5) is 14.2. The van der Waals surface area contributed by atoms with Gasteiger partial charge in [0, 0.05) is 7.05 Å². The number of carbonyl (C=O) groups is 1. The number of carboxylic acids is 1. The van der Waals surface area contributed by atoms with Crippen LogP contribution in [0.2, 0.25) is 0 Å². The van der Waals surface area contributed by atoms with E-state index >= 15 is 0 Å². The average molecular weight is 274 g/mol. The van der Waals surface area contributed by atoms with Gasteiger partial charge in [-0.2, -0.15) is 8.78 Å². The summed E-state index contributed by atoms with van der Waals surface area (Å²) in [7, 11) is -1.65. The fraction of sp³-hybridized carbons (Fsp3) is 0.200. The normalized spacial score (nSPS) is 13.7. The van der Waals surface area contributed by atoms with Gasteiger partial charge in [0.2, 0.25) is 5.16 Å². The molecule has 5 nitrogen and oxygen atoms in total. The van der Waals surface area contributed by atoms with Crippen LogP contribution in [-0.2, 0) is 22.6 Å². The van der Waals surface area contributed by atoms with Gasteiger partial charge in [0.1, 0.15) is 0 Å². The molecule has 1 aromatic carbocycles. The van der Waals surface area contributed by atoms with E-state index in [2.05, 4.69) is 4.98 Å². The molecule has 1 aromatic heterocycles. The molecule has 0 aliphatic carbocycles. The number of hydrogen-bond acceptors (Lipinski definition) is 3. The number of imidazole rings is 1. The fourth-order valence-electron chi connectivity index (χ4n) is 1.48. The second-order valence-corrected chi connectivity index (χ2v) is 4.95. The van der Waals surface area contributed by atoms with Crippen molar-refractivity contribution >= 4 is 27.8 Å². The minimum atomic E-state index is -4.37. The third kappa shape index (κ3) is 1.78. The standard InChI is InChI=1S/C10H8F2N2O3S/c1-14-7-5-3-2-4-6(7)13-9(14)18(17)10(11,12)8(15)16/h2-5H,1H3,(H,15,16). The van der Waals surface area contributed by atoms with Gasteiger partial charge in [0.25, 0.3) is 0 Å². The van der Waals surface area contributed by atoms with Gasteiger partial charge in [-0.15, -0.1) is 0 Å². The van der Waals surface area contributed by atoms with Crippen molar-refractivity contribution in [2.45, 2.75) is 10.4 Å². The van der Waals surface area contributed by atoms with Gasteiger partial charge in [0.05, 0.1) is 11.0 Å². The molecule has 0 aliphatic rings. The number of aryl methyl sites for hydroxylation is 1. The van der Waals surface area contributed by atoms with E-state index in [-0.39, 0.29) is 0 Å². The minimum absolute atomic E-state index is 0.379. The molecule has 1 N–H and O–H groups in total. The summed E-state index contributed by atoms with van der Waals surface area (Å²) in [6, 6.07) is 6.50.